The van der Waals surface area contributed by atoms with Crippen molar-refractivity contribution in [2.75, 3.05) is 39.8 Å². The Morgan fingerprint density at radius 1 is 0.447 bits per heavy atom. The van der Waals surface area contributed by atoms with Crippen LogP contribution in [-0.4, -0.2) is 113 Å². The van der Waals surface area contributed by atoms with Crippen molar-refractivity contribution in [1.29, 1.82) is 0 Å². The number of oxazole rings is 4. The number of pyridine rings is 7. The minimum Gasteiger partial charge on any atom is -0.424 e. The molecule has 12 N–H and O–H groups in total. The molecule has 0 bridgehead atoms. The van der Waals surface area contributed by atoms with Crippen molar-refractivity contribution in [1.82, 2.24) is 72.4 Å². The van der Waals surface area contributed by atoms with Crippen LogP contribution in [0.5, 0.6) is 0 Å². The second-order valence-corrected chi connectivity index (χ2v) is 28.6. The summed E-state index contributed by atoms with van der Waals surface area (Å²) in [6.45, 7) is 8.11. The summed E-state index contributed by atoms with van der Waals surface area (Å²) in [6.07, 6.45) is 27.9. The Morgan fingerprint density at radius 2 is 0.868 bits per heavy atom. The molecular weight excluding hydrogens is 1670 g/mol. The number of hydrogen-bond acceptors (Lipinski definition) is 26. The summed E-state index contributed by atoms with van der Waals surface area (Å²) in [5.74, 6) is 0.660. The van der Waals surface area contributed by atoms with Crippen LogP contribution in [0, 0.1) is 0 Å². The van der Waals surface area contributed by atoms with Gasteiger partial charge in [-0.3, -0.25) is 29.2 Å². The summed E-state index contributed by atoms with van der Waals surface area (Å²) in [6, 6.07) is 50.3. The number of aldehydes is 1. The lowest BCUT2D eigenvalue weighted by molar-refractivity contribution is -0.105. The highest BCUT2D eigenvalue weighted by Gasteiger charge is 2.51. The van der Waals surface area contributed by atoms with Crippen LogP contribution >= 0.6 is 59.4 Å². The Bertz CT molecular complexity index is 6460. The summed E-state index contributed by atoms with van der Waals surface area (Å²) >= 11 is 14.9. The van der Waals surface area contributed by atoms with Crippen molar-refractivity contribution < 1.29 is 42.2 Å². The normalized spacial score (nSPS) is 12.4. The molecule has 15 aromatic heterocycles. The van der Waals surface area contributed by atoms with Crippen LogP contribution in [0.25, 0.3) is 112 Å². The van der Waals surface area contributed by atoms with Crippen LogP contribution in [0.2, 0.25) is 0 Å². The molecule has 35 heteroatoms. The predicted molar refractivity (Wildman–Crippen MR) is 449 cm³/mol. The zero-order valence-corrected chi connectivity index (χ0v) is 66.4. The Balaban J connectivity index is 0.000000119. The van der Waals surface area contributed by atoms with Crippen LogP contribution in [0.4, 0.5) is 35.6 Å². The van der Waals surface area contributed by atoms with Gasteiger partial charge in [0.05, 0.1) is 40.9 Å². The van der Waals surface area contributed by atoms with E-state index >= 15 is 0 Å². The lowest BCUT2D eigenvalue weighted by Gasteiger charge is -2.32. The van der Waals surface area contributed by atoms with Gasteiger partial charge in [0.1, 0.15) is 61.4 Å². The SMILES string of the molecule is Brc1ccc2nccn2c1.CC1(C)OB(c2ccc3oc(N)nc3c2)OC1(C)C.Nc1ccc(Br)cn1.Nc1nc2cc(-c3ccc4ncc(-c5ccncc5)n4c3)ccc2o1.Nc1nc2cc(-c3ccc4ncc(Br)n4c3)ccc2o1.Nc1nc2cc(-c3ccc4nccn4c3)ccc2o1.O=CCCl.ON(O)c1ccncc1. The molecule has 30 nitrogen and oxygen atoms in total. The van der Waals surface area contributed by atoms with Crippen molar-refractivity contribution in [2.45, 2.75) is 38.9 Å². The second-order valence-electron chi connectivity index (χ2n) is 25.7. The van der Waals surface area contributed by atoms with E-state index in [4.69, 9.17) is 82.5 Å². The summed E-state index contributed by atoms with van der Waals surface area (Å²) < 4.78 is 44.1. The number of aromatic nitrogens is 15. The fourth-order valence-corrected chi connectivity index (χ4v) is 12.3. The van der Waals surface area contributed by atoms with E-state index < -0.39 is 7.12 Å². The molecule has 0 atom stereocenters. The van der Waals surface area contributed by atoms with E-state index in [1.807, 2.05) is 218 Å². The summed E-state index contributed by atoms with van der Waals surface area (Å²) in [5, 5.41) is 16.8. The molecule has 0 aliphatic carbocycles. The van der Waals surface area contributed by atoms with E-state index in [0.717, 1.165) is 103 Å². The van der Waals surface area contributed by atoms with Crippen molar-refractivity contribution in [2.24, 2.45) is 0 Å². The fourth-order valence-electron chi connectivity index (χ4n) is 11.3. The molecule has 0 radical (unpaired) electrons. The van der Waals surface area contributed by atoms with Crippen LogP contribution in [0.15, 0.2) is 282 Å². The van der Waals surface area contributed by atoms with Gasteiger partial charge in [-0.15, -0.1) is 16.8 Å². The number of imidazole rings is 4. The number of benzene rings is 4. The number of hydrogen-bond donors (Lipinski definition) is 7. The minimum absolute atomic E-state index is 0.0433. The van der Waals surface area contributed by atoms with Gasteiger partial charge in [-0.25, -0.2) is 24.9 Å². The first kappa shape index (κ1) is 79.2. The number of rotatable bonds is 7. The largest absolute Gasteiger partial charge is 0.494 e. The first-order valence-corrected chi connectivity index (χ1v) is 37.3. The van der Waals surface area contributed by atoms with Gasteiger partial charge >= 0.3 is 7.12 Å². The Labute approximate surface area is 678 Å². The number of halogens is 4. The van der Waals surface area contributed by atoms with Crippen molar-refractivity contribution in [3.63, 3.8) is 0 Å². The number of nitrogens with two attached hydrogens (primary N) is 5. The van der Waals surface area contributed by atoms with Gasteiger partial charge in [0.25, 0.3) is 24.1 Å². The van der Waals surface area contributed by atoms with Crippen LogP contribution in [-0.2, 0) is 14.1 Å². The molecular formula is C79H68BBr3ClN21O9. The molecule has 114 heavy (non-hydrogen) atoms. The average molecular weight is 1740 g/mol. The fraction of sp³-hybridized carbons (Fsp3) is 0.0886. The molecule has 1 aliphatic heterocycles. The van der Waals surface area contributed by atoms with E-state index in [2.05, 4.69) is 113 Å². The van der Waals surface area contributed by atoms with E-state index in [-0.39, 0.29) is 46.4 Å². The summed E-state index contributed by atoms with van der Waals surface area (Å²) in [4.78, 5) is 54.3. The quantitative estimate of drug-likeness (QED) is 0.0337. The van der Waals surface area contributed by atoms with Crippen LogP contribution < -0.4 is 39.4 Å². The van der Waals surface area contributed by atoms with Crippen molar-refractivity contribution in [3.8, 4) is 44.6 Å². The molecule has 0 unspecified atom stereocenters. The number of alkyl halides is 1. The Morgan fingerprint density at radius 3 is 1.34 bits per heavy atom. The van der Waals surface area contributed by atoms with Gasteiger partial charge in [-0.1, -0.05) is 24.3 Å². The molecule has 1 fully saturated rings. The highest BCUT2D eigenvalue weighted by atomic mass is 79.9. The number of carbonyl (C=O) groups is 1. The lowest BCUT2D eigenvalue weighted by atomic mass is 9.79. The van der Waals surface area contributed by atoms with Gasteiger partial charge in [-0.05, 0) is 248 Å². The summed E-state index contributed by atoms with van der Waals surface area (Å²) in [5.41, 5.74) is 46.0. The molecule has 574 valence electrons. The first-order chi connectivity index (χ1) is 54.9. The number of nitrogens with zero attached hydrogens (tertiary/aromatic N) is 16. The molecule has 4 aromatic carbocycles. The number of fused-ring (bicyclic) bond motifs is 8. The monoisotopic (exact) mass is 1740 g/mol. The van der Waals surface area contributed by atoms with Gasteiger partial charge in [0.2, 0.25) is 0 Å². The average Bonchev–Trinajstić information content (AvgIpc) is 1.60. The lowest BCUT2D eigenvalue weighted by Crippen LogP contribution is -2.41. The Hall–Kier alpha value is -12.9. The van der Waals surface area contributed by atoms with Gasteiger partial charge in [0.15, 0.2) is 22.3 Å². The molecule has 20 rings (SSSR count). The van der Waals surface area contributed by atoms with Crippen LogP contribution in [0.1, 0.15) is 27.7 Å². The third kappa shape index (κ3) is 19.2. The highest BCUT2D eigenvalue weighted by Crippen LogP contribution is 2.37. The molecule has 0 spiro atoms. The third-order valence-corrected chi connectivity index (χ3v) is 19.2. The van der Waals surface area contributed by atoms with Gasteiger partial charge < -0.3 is 69.2 Å². The highest BCUT2D eigenvalue weighted by molar-refractivity contribution is 9.11. The standard InChI is InChI=1S/C19H13N5O.C14H9BrN4O.C14H10N4O.C13H17BN2O3.C7H5BrN2.C5H5BrN2.C5H6N2O2.C2H3ClO/c20-19-23-15-9-13(1-3-17(15)25-19)14-2-4-18-22-10-16(24(18)11-14)12-5-7-21-8-6-12;15-12-6-17-13-4-2-9(7-19(12)13)8-1-3-11-10(5-8)18-14(16)20-11;15-14-17-11-7-9(1-3-12(11)19-14)10-2-4-13-16-5-6-18(13)8-10;1-12(2)13(3,4)19-14(18-12)8-5-6-10-9(7-8)16-11(15)17-10;8-6-1-2-7-9-3-4-10(7)5-6;6-4-1-2-5(7)8-3-4;8-7(9)5-1-3-6-4-2-5;3-1-2-4/h1-11H,(H2,20,23);1-7H,(H2,16,18);1-8H,(H2,15,17);5-7H,1-4H3,(H2,15,16);1-5H;1-3H,(H2,7,8);1-4,8-9H;2H,1H2. The Kier molecular flexibility index (Phi) is 24.4. The second kappa shape index (κ2) is 35.2. The zero-order chi connectivity index (χ0) is 80.2. The van der Waals surface area contributed by atoms with Crippen molar-refractivity contribution in [3.05, 3.63) is 264 Å². The van der Waals surface area contributed by atoms with Gasteiger partial charge in [-0.2, -0.15) is 19.9 Å². The first-order valence-electron chi connectivity index (χ1n) is 34.4. The summed E-state index contributed by atoms with van der Waals surface area (Å²) in [7, 11) is -0.396. The number of nitrogen functional groups attached to an aromatic ring is 5. The van der Waals surface area contributed by atoms with E-state index in [0.29, 0.717) is 45.6 Å². The van der Waals surface area contributed by atoms with E-state index in [9.17, 15) is 0 Å². The molecule has 0 amide bonds. The minimum atomic E-state index is -0.396. The number of anilines is 6. The molecule has 16 heterocycles. The van der Waals surface area contributed by atoms with Gasteiger partial charge in [0, 0.05) is 95.1 Å². The smallest absolute Gasteiger partial charge is 0.424 e. The van der Waals surface area contributed by atoms with Crippen molar-refractivity contribution >= 4 is 181 Å². The molecule has 0 saturated carbocycles. The third-order valence-electron chi connectivity index (χ3n) is 17.6. The zero-order valence-electron chi connectivity index (χ0n) is 60.8. The maximum atomic E-state index is 9.04. The van der Waals surface area contributed by atoms with Crippen LogP contribution in [0.3, 0.4) is 0 Å². The van der Waals surface area contributed by atoms with E-state index in [1.54, 1.807) is 43.2 Å². The predicted octanol–water partition coefficient (Wildman–Crippen LogP) is 16.3. The maximum absolute atomic E-state index is 9.04. The molecule has 19 aromatic rings. The molecule has 1 saturated heterocycles. The number of carbonyl (C=O) groups excluding carboxylic acids is 1. The molecule has 1 aliphatic rings. The van der Waals surface area contributed by atoms with E-state index in [1.165, 1.54) is 24.5 Å². The maximum Gasteiger partial charge on any atom is 0.494 e. The topological polar surface area (TPSA) is 421 Å².